The van der Waals surface area contributed by atoms with Gasteiger partial charge in [0.15, 0.2) is 6.10 Å². The molecule has 0 aromatic heterocycles. The number of rotatable bonds is 6. The summed E-state index contributed by atoms with van der Waals surface area (Å²) in [5.74, 6) is -2.60. The average Bonchev–Trinajstić information content (AvgIpc) is 2.55. The van der Waals surface area contributed by atoms with E-state index in [1.165, 1.54) is 19.1 Å². The van der Waals surface area contributed by atoms with Gasteiger partial charge in [-0.25, -0.2) is 9.59 Å². The molecule has 1 amide bonds. The predicted octanol–water partition coefficient (Wildman–Crippen LogP) is 2.49. The molecular formula is C17H15NO6. The van der Waals surface area contributed by atoms with Gasteiger partial charge in [-0.2, -0.15) is 0 Å². The van der Waals surface area contributed by atoms with Crippen LogP contribution < -0.4 is 10.1 Å². The van der Waals surface area contributed by atoms with Crippen LogP contribution in [0.15, 0.2) is 48.5 Å². The molecular weight excluding hydrogens is 314 g/mol. The monoisotopic (exact) mass is 329 g/mol. The van der Waals surface area contributed by atoms with Crippen molar-refractivity contribution in [2.75, 3.05) is 5.32 Å². The van der Waals surface area contributed by atoms with Gasteiger partial charge in [0.2, 0.25) is 0 Å². The van der Waals surface area contributed by atoms with Gasteiger partial charge in [-0.1, -0.05) is 18.2 Å². The quantitative estimate of drug-likeness (QED) is 0.750. The molecule has 2 rings (SSSR count). The lowest BCUT2D eigenvalue weighted by Crippen LogP contribution is -2.30. The number of ether oxygens (including phenoxy) is 1. The van der Waals surface area contributed by atoms with E-state index in [1.54, 1.807) is 24.3 Å². The highest BCUT2D eigenvalue weighted by molar-refractivity contribution is 5.99. The molecule has 0 saturated carbocycles. The summed E-state index contributed by atoms with van der Waals surface area (Å²) < 4.78 is 5.46. The van der Waals surface area contributed by atoms with Crippen molar-refractivity contribution in [1.82, 2.24) is 0 Å². The molecule has 0 spiro atoms. The molecule has 0 bridgehead atoms. The molecule has 2 aromatic carbocycles. The number of carboxylic acids is 2. The molecule has 0 heterocycles. The third kappa shape index (κ3) is 4.33. The van der Waals surface area contributed by atoms with Crippen LogP contribution >= 0.6 is 0 Å². The molecule has 0 saturated heterocycles. The van der Waals surface area contributed by atoms with Gasteiger partial charge in [-0.05, 0) is 37.3 Å². The number of nitrogens with one attached hydrogen (secondary N) is 1. The van der Waals surface area contributed by atoms with Gasteiger partial charge in [0.25, 0.3) is 5.91 Å². The van der Waals surface area contributed by atoms with Crippen LogP contribution in [0.25, 0.3) is 0 Å². The van der Waals surface area contributed by atoms with Crippen LogP contribution in [0.1, 0.15) is 27.6 Å². The van der Waals surface area contributed by atoms with Gasteiger partial charge in [0.05, 0.1) is 11.1 Å². The Labute approximate surface area is 137 Å². The number of para-hydroxylation sites is 1. The molecule has 0 fully saturated rings. The second kappa shape index (κ2) is 7.28. The SMILES string of the molecule is CC(Oc1ccccc1)C(=O)Nc1cc(C(=O)O)cc(C(=O)O)c1. The summed E-state index contributed by atoms with van der Waals surface area (Å²) in [6, 6.07) is 12.1. The van der Waals surface area contributed by atoms with E-state index in [-0.39, 0.29) is 16.8 Å². The Bertz CT molecular complexity index is 740. The fraction of sp³-hybridized carbons (Fsp3) is 0.118. The first-order valence-corrected chi connectivity index (χ1v) is 7.01. The zero-order chi connectivity index (χ0) is 17.7. The molecule has 3 N–H and O–H groups in total. The van der Waals surface area contributed by atoms with Crippen molar-refractivity contribution in [1.29, 1.82) is 0 Å². The third-order valence-corrected chi connectivity index (χ3v) is 3.12. The van der Waals surface area contributed by atoms with Crippen LogP contribution in [0.4, 0.5) is 5.69 Å². The molecule has 0 aliphatic heterocycles. The number of hydrogen-bond donors (Lipinski definition) is 3. The van der Waals surface area contributed by atoms with E-state index in [2.05, 4.69) is 5.32 Å². The minimum Gasteiger partial charge on any atom is -0.481 e. The lowest BCUT2D eigenvalue weighted by Gasteiger charge is -2.15. The van der Waals surface area contributed by atoms with Gasteiger partial charge in [-0.3, -0.25) is 4.79 Å². The highest BCUT2D eigenvalue weighted by Crippen LogP contribution is 2.17. The van der Waals surface area contributed by atoms with Crippen LogP contribution in [0.3, 0.4) is 0 Å². The van der Waals surface area contributed by atoms with Gasteiger partial charge in [-0.15, -0.1) is 0 Å². The summed E-state index contributed by atoms with van der Waals surface area (Å²) in [4.78, 5) is 34.3. The van der Waals surface area contributed by atoms with Crippen molar-refractivity contribution in [3.8, 4) is 5.75 Å². The maximum atomic E-state index is 12.1. The molecule has 124 valence electrons. The highest BCUT2D eigenvalue weighted by Gasteiger charge is 2.17. The summed E-state index contributed by atoms with van der Waals surface area (Å²) in [5.41, 5.74) is -0.399. The first kappa shape index (κ1) is 17.0. The van der Waals surface area contributed by atoms with Crippen molar-refractivity contribution in [3.05, 3.63) is 59.7 Å². The molecule has 1 atom stereocenters. The first-order chi connectivity index (χ1) is 11.4. The topological polar surface area (TPSA) is 113 Å². The summed E-state index contributed by atoms with van der Waals surface area (Å²) in [7, 11) is 0. The van der Waals surface area contributed by atoms with E-state index in [1.807, 2.05) is 6.07 Å². The molecule has 2 aromatic rings. The molecule has 0 radical (unpaired) electrons. The van der Waals surface area contributed by atoms with Crippen LogP contribution in [-0.4, -0.2) is 34.2 Å². The number of aromatic carboxylic acids is 2. The largest absolute Gasteiger partial charge is 0.481 e. The highest BCUT2D eigenvalue weighted by atomic mass is 16.5. The Morgan fingerprint density at radius 1 is 0.958 bits per heavy atom. The number of amides is 1. The van der Waals surface area contributed by atoms with E-state index in [0.717, 1.165) is 6.07 Å². The van der Waals surface area contributed by atoms with E-state index >= 15 is 0 Å². The number of anilines is 1. The van der Waals surface area contributed by atoms with Crippen molar-refractivity contribution in [2.24, 2.45) is 0 Å². The second-order valence-corrected chi connectivity index (χ2v) is 4.97. The van der Waals surface area contributed by atoms with Gasteiger partial charge >= 0.3 is 11.9 Å². The molecule has 0 aliphatic rings. The van der Waals surface area contributed by atoms with E-state index in [4.69, 9.17) is 14.9 Å². The molecule has 7 nitrogen and oxygen atoms in total. The number of benzene rings is 2. The zero-order valence-corrected chi connectivity index (χ0v) is 12.7. The minimum absolute atomic E-state index is 0.0702. The molecule has 1 unspecified atom stereocenters. The molecule has 0 aliphatic carbocycles. The van der Waals surface area contributed by atoms with Gasteiger partial charge in [0, 0.05) is 5.69 Å². The number of carbonyl (C=O) groups excluding carboxylic acids is 1. The van der Waals surface area contributed by atoms with Crippen molar-refractivity contribution in [2.45, 2.75) is 13.0 Å². The second-order valence-electron chi connectivity index (χ2n) is 4.97. The lowest BCUT2D eigenvalue weighted by atomic mass is 10.1. The maximum Gasteiger partial charge on any atom is 0.335 e. The van der Waals surface area contributed by atoms with Crippen molar-refractivity contribution >= 4 is 23.5 Å². The zero-order valence-electron chi connectivity index (χ0n) is 12.7. The first-order valence-electron chi connectivity index (χ1n) is 7.01. The third-order valence-electron chi connectivity index (χ3n) is 3.12. The van der Waals surface area contributed by atoms with Crippen LogP contribution in [0.5, 0.6) is 5.75 Å². The minimum atomic E-state index is -1.29. The summed E-state index contributed by atoms with van der Waals surface area (Å²) in [6.45, 7) is 1.53. The van der Waals surface area contributed by atoms with E-state index < -0.39 is 23.9 Å². The van der Waals surface area contributed by atoms with E-state index in [0.29, 0.717) is 5.75 Å². The van der Waals surface area contributed by atoms with Crippen LogP contribution in [0, 0.1) is 0 Å². The van der Waals surface area contributed by atoms with Crippen molar-refractivity contribution < 1.29 is 29.3 Å². The summed E-state index contributed by atoms with van der Waals surface area (Å²) >= 11 is 0. The smallest absolute Gasteiger partial charge is 0.335 e. The van der Waals surface area contributed by atoms with Gasteiger partial charge < -0.3 is 20.3 Å². The fourth-order valence-electron chi connectivity index (χ4n) is 1.95. The average molecular weight is 329 g/mol. The lowest BCUT2D eigenvalue weighted by molar-refractivity contribution is -0.122. The summed E-state index contributed by atoms with van der Waals surface area (Å²) in [5, 5.41) is 20.5. The van der Waals surface area contributed by atoms with Crippen LogP contribution in [-0.2, 0) is 4.79 Å². The van der Waals surface area contributed by atoms with E-state index in [9.17, 15) is 14.4 Å². The van der Waals surface area contributed by atoms with Crippen LogP contribution in [0.2, 0.25) is 0 Å². The molecule has 7 heteroatoms. The normalized spacial score (nSPS) is 11.4. The maximum absolute atomic E-state index is 12.1. The number of hydrogen-bond acceptors (Lipinski definition) is 4. The number of carbonyl (C=O) groups is 3. The Morgan fingerprint density at radius 2 is 1.50 bits per heavy atom. The summed E-state index contributed by atoms with van der Waals surface area (Å²) in [6.07, 6.45) is -0.853. The Hall–Kier alpha value is -3.35. The Balaban J connectivity index is 2.15. The Kier molecular flexibility index (Phi) is 5.16. The Morgan fingerprint density at radius 3 is 2.00 bits per heavy atom. The number of carboxylic acid groups (broad SMARTS) is 2. The fourth-order valence-corrected chi connectivity index (χ4v) is 1.95. The molecule has 24 heavy (non-hydrogen) atoms. The van der Waals surface area contributed by atoms with Crippen molar-refractivity contribution in [3.63, 3.8) is 0 Å². The predicted molar refractivity (Wildman–Crippen MR) is 85.5 cm³/mol. The standard InChI is InChI=1S/C17H15NO6/c1-10(24-14-5-3-2-4-6-14)15(19)18-13-8-11(16(20)21)7-12(9-13)17(22)23/h2-10H,1H3,(H,18,19)(H,20,21)(H,22,23). The van der Waals surface area contributed by atoms with Gasteiger partial charge in [0.1, 0.15) is 5.75 Å².